The maximum atomic E-state index is 11.6. The van der Waals surface area contributed by atoms with Crippen LogP contribution in [-0.4, -0.2) is 15.5 Å². The van der Waals surface area contributed by atoms with Crippen LogP contribution in [0.4, 0.5) is 5.69 Å². The number of hydrogen-bond donors (Lipinski definition) is 1. The molecule has 1 aromatic heterocycles. The highest BCUT2D eigenvalue weighted by atomic mass is 16.1. The lowest BCUT2D eigenvalue weighted by molar-refractivity contribution is -0.111. The van der Waals surface area contributed by atoms with Crippen molar-refractivity contribution in [1.29, 1.82) is 0 Å². The second-order valence-electron chi connectivity index (χ2n) is 4.23. The number of aromatic nitrogens is 2. The number of rotatable bonds is 3. The molecule has 4 nitrogen and oxygen atoms in total. The van der Waals surface area contributed by atoms with Gasteiger partial charge in [-0.05, 0) is 32.0 Å². The molecule has 0 saturated heterocycles. The minimum Gasteiger partial charge on any atom is -0.322 e. The average Bonchev–Trinajstić information content (AvgIpc) is 2.81. The molecule has 0 bridgehead atoms. The smallest absolute Gasteiger partial charge is 0.248 e. The summed E-state index contributed by atoms with van der Waals surface area (Å²) in [6.07, 6.45) is 6.87. The minimum atomic E-state index is -0.113. The zero-order valence-corrected chi connectivity index (χ0v) is 10.4. The summed E-state index contributed by atoms with van der Waals surface area (Å²) in [5, 5.41) is 2.83. The summed E-state index contributed by atoms with van der Waals surface area (Å²) in [6.45, 7) is 3.78. The van der Waals surface area contributed by atoms with Gasteiger partial charge in [-0.2, -0.15) is 0 Å². The summed E-state index contributed by atoms with van der Waals surface area (Å²) in [4.78, 5) is 15.6. The van der Waals surface area contributed by atoms with E-state index in [2.05, 4.69) is 10.3 Å². The van der Waals surface area contributed by atoms with E-state index in [1.165, 1.54) is 0 Å². The predicted octanol–water partition coefficient (Wildman–Crippen LogP) is 2.78. The predicted molar refractivity (Wildman–Crippen MR) is 71.6 cm³/mol. The summed E-state index contributed by atoms with van der Waals surface area (Å²) >= 11 is 0. The topological polar surface area (TPSA) is 46.9 Å². The number of carbonyl (C=O) groups excluding carboxylic acids is 1. The van der Waals surface area contributed by atoms with E-state index in [0.717, 1.165) is 16.9 Å². The van der Waals surface area contributed by atoms with E-state index in [9.17, 15) is 4.79 Å². The van der Waals surface area contributed by atoms with Gasteiger partial charge in [-0.3, -0.25) is 4.79 Å². The van der Waals surface area contributed by atoms with Crippen LogP contribution in [0.1, 0.15) is 13.8 Å². The van der Waals surface area contributed by atoms with Gasteiger partial charge in [0.1, 0.15) is 0 Å². The Labute approximate surface area is 106 Å². The van der Waals surface area contributed by atoms with Crippen molar-refractivity contribution in [3.8, 4) is 5.69 Å². The van der Waals surface area contributed by atoms with E-state index in [1.807, 2.05) is 48.9 Å². The molecule has 0 aliphatic rings. The van der Waals surface area contributed by atoms with Gasteiger partial charge in [0.15, 0.2) is 0 Å². The lowest BCUT2D eigenvalue weighted by Gasteiger charge is -2.06. The van der Waals surface area contributed by atoms with Gasteiger partial charge in [0.2, 0.25) is 5.91 Å². The summed E-state index contributed by atoms with van der Waals surface area (Å²) in [6, 6.07) is 7.61. The highest BCUT2D eigenvalue weighted by Gasteiger charge is 2.01. The maximum Gasteiger partial charge on any atom is 0.248 e. The second kappa shape index (κ2) is 5.31. The van der Waals surface area contributed by atoms with E-state index >= 15 is 0 Å². The fraction of sp³-hybridized carbons (Fsp3) is 0.143. The molecule has 1 aromatic carbocycles. The van der Waals surface area contributed by atoms with Crippen LogP contribution < -0.4 is 5.32 Å². The Balaban J connectivity index is 2.18. The van der Waals surface area contributed by atoms with E-state index in [1.54, 1.807) is 18.6 Å². The summed E-state index contributed by atoms with van der Waals surface area (Å²) in [7, 11) is 0. The lowest BCUT2D eigenvalue weighted by atomic mass is 10.2. The van der Waals surface area contributed by atoms with Crippen molar-refractivity contribution < 1.29 is 4.79 Å². The molecular weight excluding hydrogens is 226 g/mol. The molecule has 0 saturated carbocycles. The highest BCUT2D eigenvalue weighted by molar-refractivity contribution is 5.99. The fourth-order valence-electron chi connectivity index (χ4n) is 1.60. The molecule has 0 fully saturated rings. The molecule has 1 amide bonds. The molecule has 0 atom stereocenters. The Morgan fingerprint density at radius 2 is 2.22 bits per heavy atom. The Morgan fingerprint density at radius 1 is 1.39 bits per heavy atom. The highest BCUT2D eigenvalue weighted by Crippen LogP contribution is 2.14. The van der Waals surface area contributed by atoms with Crippen LogP contribution >= 0.6 is 0 Å². The first-order chi connectivity index (χ1) is 8.65. The van der Waals surface area contributed by atoms with Gasteiger partial charge in [0.05, 0.1) is 6.33 Å². The first-order valence-corrected chi connectivity index (χ1v) is 5.69. The van der Waals surface area contributed by atoms with Crippen LogP contribution in [0.5, 0.6) is 0 Å². The largest absolute Gasteiger partial charge is 0.322 e. The Morgan fingerprint density at radius 3 is 2.89 bits per heavy atom. The van der Waals surface area contributed by atoms with Gasteiger partial charge in [-0.25, -0.2) is 4.98 Å². The van der Waals surface area contributed by atoms with Crippen molar-refractivity contribution in [3.63, 3.8) is 0 Å². The molecule has 1 N–H and O–H groups in total. The number of hydrogen-bond acceptors (Lipinski definition) is 2. The molecule has 0 spiro atoms. The average molecular weight is 241 g/mol. The van der Waals surface area contributed by atoms with Crippen LogP contribution in [0.3, 0.4) is 0 Å². The number of benzene rings is 1. The zero-order valence-electron chi connectivity index (χ0n) is 10.4. The quantitative estimate of drug-likeness (QED) is 0.840. The van der Waals surface area contributed by atoms with Gasteiger partial charge in [-0.15, -0.1) is 0 Å². The third kappa shape index (κ3) is 3.07. The van der Waals surface area contributed by atoms with Gasteiger partial charge in [-0.1, -0.05) is 11.6 Å². The summed E-state index contributed by atoms with van der Waals surface area (Å²) in [5.41, 5.74) is 2.70. The zero-order chi connectivity index (χ0) is 13.0. The van der Waals surface area contributed by atoms with Crippen LogP contribution in [0, 0.1) is 0 Å². The van der Waals surface area contributed by atoms with Crippen LogP contribution in [0.25, 0.3) is 5.69 Å². The molecule has 2 aromatic rings. The molecule has 18 heavy (non-hydrogen) atoms. The van der Waals surface area contributed by atoms with Gasteiger partial charge >= 0.3 is 0 Å². The lowest BCUT2D eigenvalue weighted by Crippen LogP contribution is -2.08. The number of nitrogens with zero attached hydrogens (tertiary/aromatic N) is 2. The van der Waals surface area contributed by atoms with E-state index in [0.29, 0.717) is 0 Å². The van der Waals surface area contributed by atoms with E-state index < -0.39 is 0 Å². The van der Waals surface area contributed by atoms with Crippen molar-refractivity contribution in [2.75, 3.05) is 5.32 Å². The summed E-state index contributed by atoms with van der Waals surface area (Å²) < 4.78 is 1.89. The molecular formula is C14H15N3O. The SMILES string of the molecule is CC(C)=CC(=O)Nc1cccc(-n2ccnc2)c1. The standard InChI is InChI=1S/C14H15N3O/c1-11(2)8-14(18)16-12-4-3-5-13(9-12)17-7-6-15-10-17/h3-10H,1-2H3,(H,16,18). The normalized spacial score (nSPS) is 9.89. The molecule has 4 heteroatoms. The van der Waals surface area contributed by atoms with Crippen molar-refractivity contribution in [2.24, 2.45) is 0 Å². The van der Waals surface area contributed by atoms with Crippen molar-refractivity contribution in [2.45, 2.75) is 13.8 Å². The van der Waals surface area contributed by atoms with Crippen LogP contribution in [0.2, 0.25) is 0 Å². The first kappa shape index (κ1) is 12.1. The van der Waals surface area contributed by atoms with Crippen molar-refractivity contribution in [3.05, 3.63) is 54.6 Å². The Hall–Kier alpha value is -2.36. The third-order valence-electron chi connectivity index (χ3n) is 2.34. The Kier molecular flexibility index (Phi) is 3.57. The van der Waals surface area contributed by atoms with Gasteiger partial charge in [0.25, 0.3) is 0 Å². The van der Waals surface area contributed by atoms with Crippen LogP contribution in [0.15, 0.2) is 54.6 Å². The molecule has 1 heterocycles. The Bertz CT molecular complexity index is 566. The van der Waals surface area contributed by atoms with Crippen LogP contribution in [-0.2, 0) is 4.79 Å². The number of carbonyl (C=O) groups is 1. The van der Waals surface area contributed by atoms with Gasteiger partial charge in [0, 0.05) is 29.8 Å². The van der Waals surface area contributed by atoms with E-state index in [-0.39, 0.29) is 5.91 Å². The monoisotopic (exact) mass is 241 g/mol. The first-order valence-electron chi connectivity index (χ1n) is 5.69. The molecule has 2 rings (SSSR count). The van der Waals surface area contributed by atoms with E-state index in [4.69, 9.17) is 0 Å². The molecule has 92 valence electrons. The van der Waals surface area contributed by atoms with Crippen molar-refractivity contribution in [1.82, 2.24) is 9.55 Å². The summed E-state index contributed by atoms with van der Waals surface area (Å²) in [5.74, 6) is -0.113. The maximum absolute atomic E-state index is 11.6. The molecule has 0 aliphatic carbocycles. The second-order valence-corrected chi connectivity index (χ2v) is 4.23. The minimum absolute atomic E-state index is 0.113. The third-order valence-corrected chi connectivity index (χ3v) is 2.34. The van der Waals surface area contributed by atoms with Gasteiger partial charge < -0.3 is 9.88 Å². The number of allylic oxidation sites excluding steroid dienone is 1. The van der Waals surface area contributed by atoms with Crippen molar-refractivity contribution >= 4 is 11.6 Å². The number of amides is 1. The fourth-order valence-corrected chi connectivity index (χ4v) is 1.60. The number of nitrogens with one attached hydrogen (secondary N) is 1. The molecule has 0 radical (unpaired) electrons. The molecule has 0 aliphatic heterocycles. The number of imidazole rings is 1. The molecule has 0 unspecified atom stereocenters. The number of anilines is 1.